The van der Waals surface area contributed by atoms with E-state index in [4.69, 9.17) is 23.2 Å². The Morgan fingerprint density at radius 3 is 2.32 bits per heavy atom. The maximum atomic E-state index is 13.8. The van der Waals surface area contributed by atoms with Crippen LogP contribution in [0.5, 0.6) is 0 Å². The van der Waals surface area contributed by atoms with Gasteiger partial charge in [-0.1, -0.05) is 49.2 Å². The van der Waals surface area contributed by atoms with Gasteiger partial charge in [-0.3, -0.25) is 13.9 Å². The third-order valence-electron chi connectivity index (χ3n) is 4.98. The van der Waals surface area contributed by atoms with Crippen LogP contribution in [0, 0.1) is 11.7 Å². The molecule has 0 bridgehead atoms. The van der Waals surface area contributed by atoms with E-state index in [-0.39, 0.29) is 18.2 Å². The van der Waals surface area contributed by atoms with Crippen LogP contribution in [0.4, 0.5) is 10.1 Å². The van der Waals surface area contributed by atoms with E-state index in [1.807, 2.05) is 13.8 Å². The topological polar surface area (TPSA) is 86.8 Å². The number of hydrogen-bond acceptors (Lipinski definition) is 4. The molecule has 2 aromatic carbocycles. The number of nitrogens with zero attached hydrogens (tertiary/aromatic N) is 2. The molecule has 1 N–H and O–H groups in total. The molecule has 0 aliphatic rings. The molecular weight excluding hydrogens is 504 g/mol. The third-order valence-corrected chi connectivity index (χ3v) is 6.71. The number of hydrogen-bond donors (Lipinski definition) is 1. The van der Waals surface area contributed by atoms with Crippen LogP contribution < -0.4 is 9.62 Å². The smallest absolute Gasteiger partial charge is 0.244 e. The second-order valence-electron chi connectivity index (χ2n) is 8.32. The summed E-state index contributed by atoms with van der Waals surface area (Å²) in [5.74, 6) is -1.51. The minimum absolute atomic E-state index is 0.00256. The molecule has 34 heavy (non-hydrogen) atoms. The average molecular weight is 532 g/mol. The highest BCUT2D eigenvalue weighted by molar-refractivity contribution is 7.92. The van der Waals surface area contributed by atoms with Gasteiger partial charge in [-0.15, -0.1) is 0 Å². The first-order valence-corrected chi connectivity index (χ1v) is 13.1. The summed E-state index contributed by atoms with van der Waals surface area (Å²) in [5.41, 5.74) is 0.525. The highest BCUT2D eigenvalue weighted by Crippen LogP contribution is 2.24. The molecule has 0 aliphatic carbocycles. The van der Waals surface area contributed by atoms with E-state index in [9.17, 15) is 22.4 Å². The van der Waals surface area contributed by atoms with Gasteiger partial charge in [-0.05, 0) is 48.7 Å². The lowest BCUT2D eigenvalue weighted by atomic mass is 10.1. The average Bonchev–Trinajstić information content (AvgIpc) is 2.73. The van der Waals surface area contributed by atoms with Crippen LogP contribution in [-0.4, -0.2) is 50.5 Å². The normalized spacial score (nSPS) is 12.4. The maximum Gasteiger partial charge on any atom is 0.244 e. The lowest BCUT2D eigenvalue weighted by molar-refractivity contribution is -0.139. The molecule has 2 amide bonds. The fraction of sp³-hybridized carbons (Fsp3) is 0.391. The van der Waals surface area contributed by atoms with Crippen molar-refractivity contribution in [2.24, 2.45) is 5.92 Å². The molecule has 186 valence electrons. The van der Waals surface area contributed by atoms with Gasteiger partial charge >= 0.3 is 0 Å². The number of carbonyl (C=O) groups is 2. The van der Waals surface area contributed by atoms with Crippen LogP contribution in [0.2, 0.25) is 10.0 Å². The van der Waals surface area contributed by atoms with Crippen molar-refractivity contribution in [2.45, 2.75) is 33.4 Å². The minimum Gasteiger partial charge on any atom is -0.354 e. The van der Waals surface area contributed by atoms with Crippen molar-refractivity contribution in [2.75, 3.05) is 23.7 Å². The van der Waals surface area contributed by atoms with Gasteiger partial charge in [0.05, 0.1) is 11.9 Å². The van der Waals surface area contributed by atoms with Crippen molar-refractivity contribution in [3.63, 3.8) is 0 Å². The summed E-state index contributed by atoms with van der Waals surface area (Å²) < 4.78 is 39.5. The lowest BCUT2D eigenvalue weighted by Crippen LogP contribution is -2.51. The van der Waals surface area contributed by atoms with Gasteiger partial charge in [0.25, 0.3) is 0 Å². The van der Waals surface area contributed by atoms with E-state index in [0.29, 0.717) is 22.2 Å². The number of benzene rings is 2. The standard InChI is InChI=1S/C23H28Cl2FN3O4S/c1-15(2)12-27-23(31)16(3)28(13-17-8-9-18(24)10-21(17)25)22(30)14-29(34(4,32)33)20-7-5-6-19(26)11-20/h5-11,15-16H,12-14H2,1-4H3,(H,27,31). The Labute approximate surface area is 209 Å². The number of nitrogens with one attached hydrogen (secondary N) is 1. The molecule has 0 aromatic heterocycles. The molecule has 0 aliphatic heterocycles. The van der Waals surface area contributed by atoms with Gasteiger partial charge < -0.3 is 10.2 Å². The SMILES string of the molecule is CC(C)CNC(=O)C(C)N(Cc1ccc(Cl)cc1Cl)C(=O)CN(c1cccc(F)c1)S(C)(=O)=O. The molecule has 1 unspecified atom stereocenters. The summed E-state index contributed by atoms with van der Waals surface area (Å²) >= 11 is 12.3. The van der Waals surface area contributed by atoms with Crippen molar-refractivity contribution in [3.05, 3.63) is 63.9 Å². The van der Waals surface area contributed by atoms with E-state index in [2.05, 4.69) is 5.32 Å². The van der Waals surface area contributed by atoms with E-state index < -0.39 is 40.2 Å². The Morgan fingerprint density at radius 2 is 1.76 bits per heavy atom. The van der Waals surface area contributed by atoms with E-state index >= 15 is 0 Å². The van der Waals surface area contributed by atoms with Gasteiger partial charge in [0, 0.05) is 23.1 Å². The lowest BCUT2D eigenvalue weighted by Gasteiger charge is -2.31. The fourth-order valence-corrected chi connectivity index (χ4v) is 4.42. The summed E-state index contributed by atoms with van der Waals surface area (Å²) in [6, 6.07) is 8.73. The Balaban J connectivity index is 2.40. The first-order chi connectivity index (χ1) is 15.8. The quantitative estimate of drug-likeness (QED) is 0.500. The molecular formula is C23H28Cl2FN3O4S. The van der Waals surface area contributed by atoms with Crippen LogP contribution >= 0.6 is 23.2 Å². The van der Waals surface area contributed by atoms with E-state index in [1.54, 1.807) is 19.1 Å². The summed E-state index contributed by atoms with van der Waals surface area (Å²) in [6.07, 6.45) is 0.921. The molecule has 0 radical (unpaired) electrons. The molecule has 0 spiro atoms. The highest BCUT2D eigenvalue weighted by atomic mass is 35.5. The largest absolute Gasteiger partial charge is 0.354 e. The summed E-state index contributed by atoms with van der Waals surface area (Å²) in [7, 11) is -3.94. The molecule has 0 saturated heterocycles. The Kier molecular flexibility index (Phi) is 9.73. The van der Waals surface area contributed by atoms with Crippen molar-refractivity contribution < 1.29 is 22.4 Å². The zero-order valence-corrected chi connectivity index (χ0v) is 21.7. The molecule has 7 nitrogen and oxygen atoms in total. The van der Waals surface area contributed by atoms with Crippen molar-refractivity contribution in [1.29, 1.82) is 0 Å². The van der Waals surface area contributed by atoms with Crippen LogP contribution in [0.15, 0.2) is 42.5 Å². The van der Waals surface area contributed by atoms with Gasteiger partial charge in [0.15, 0.2) is 0 Å². The van der Waals surface area contributed by atoms with Crippen LogP contribution in [0.3, 0.4) is 0 Å². The zero-order valence-electron chi connectivity index (χ0n) is 19.4. The van der Waals surface area contributed by atoms with Crippen molar-refractivity contribution >= 4 is 50.7 Å². The Bertz CT molecular complexity index is 1140. The number of amides is 2. The number of carbonyl (C=O) groups excluding carboxylic acids is 2. The molecule has 1 atom stereocenters. The Hall–Kier alpha value is -2.36. The van der Waals surface area contributed by atoms with Gasteiger partial charge in [0.1, 0.15) is 18.4 Å². The zero-order chi connectivity index (χ0) is 25.6. The number of anilines is 1. The maximum absolute atomic E-state index is 13.8. The number of rotatable bonds is 10. The highest BCUT2D eigenvalue weighted by Gasteiger charge is 2.30. The first-order valence-electron chi connectivity index (χ1n) is 10.5. The van der Waals surface area contributed by atoms with E-state index in [0.717, 1.165) is 16.6 Å². The summed E-state index contributed by atoms with van der Waals surface area (Å²) in [4.78, 5) is 27.4. The van der Waals surface area contributed by atoms with Crippen LogP contribution in [0.1, 0.15) is 26.3 Å². The van der Waals surface area contributed by atoms with E-state index in [1.165, 1.54) is 29.2 Å². The minimum atomic E-state index is -3.94. The Morgan fingerprint density at radius 1 is 1.09 bits per heavy atom. The first kappa shape index (κ1) is 27.9. The van der Waals surface area contributed by atoms with Gasteiger partial charge in [-0.25, -0.2) is 12.8 Å². The number of sulfonamides is 1. The molecule has 2 aromatic rings. The van der Waals surface area contributed by atoms with Crippen LogP contribution in [0.25, 0.3) is 0 Å². The number of halogens is 3. The van der Waals surface area contributed by atoms with Gasteiger partial charge in [0.2, 0.25) is 21.8 Å². The second-order valence-corrected chi connectivity index (χ2v) is 11.1. The monoisotopic (exact) mass is 531 g/mol. The molecule has 2 rings (SSSR count). The second kappa shape index (κ2) is 11.9. The predicted molar refractivity (Wildman–Crippen MR) is 133 cm³/mol. The fourth-order valence-electron chi connectivity index (χ4n) is 3.11. The van der Waals surface area contributed by atoms with Crippen molar-refractivity contribution in [3.8, 4) is 0 Å². The molecule has 0 heterocycles. The summed E-state index contributed by atoms with van der Waals surface area (Å²) in [6.45, 7) is 5.13. The molecule has 0 saturated carbocycles. The van der Waals surface area contributed by atoms with Crippen LogP contribution in [-0.2, 0) is 26.2 Å². The third kappa shape index (κ3) is 7.85. The molecule has 0 fully saturated rings. The predicted octanol–water partition coefficient (Wildman–Crippen LogP) is 4.09. The summed E-state index contributed by atoms with van der Waals surface area (Å²) in [5, 5.41) is 3.48. The van der Waals surface area contributed by atoms with Crippen molar-refractivity contribution in [1.82, 2.24) is 10.2 Å². The molecule has 11 heteroatoms. The van der Waals surface area contributed by atoms with Gasteiger partial charge in [-0.2, -0.15) is 0 Å².